The number of hydrogen-bond donors (Lipinski definition) is 2. The van der Waals surface area contributed by atoms with Crippen LogP contribution in [0, 0.1) is 6.92 Å². The summed E-state index contributed by atoms with van der Waals surface area (Å²) in [4.78, 5) is 16.5. The lowest BCUT2D eigenvalue weighted by Gasteiger charge is -2.20. The maximum absolute atomic E-state index is 5.54. The molecule has 1 aromatic heterocycles. The van der Waals surface area contributed by atoms with Gasteiger partial charge in [0, 0.05) is 16.9 Å². The summed E-state index contributed by atoms with van der Waals surface area (Å²) in [6.45, 7) is 18.4. The van der Waals surface area contributed by atoms with Crippen molar-refractivity contribution < 1.29 is 0 Å². The van der Waals surface area contributed by atoms with Gasteiger partial charge in [-0.1, -0.05) is 721 Å². The van der Waals surface area contributed by atoms with Crippen LogP contribution in [0.15, 0.2) is 48.5 Å². The fourth-order valence-corrected chi connectivity index (χ4v) is 24.1. The topological polar surface area (TPSA) is 62.7 Å². The molecule has 5 nitrogen and oxygen atoms in total. The van der Waals surface area contributed by atoms with Crippen molar-refractivity contribution in [3.8, 4) is 11.4 Å². The fraction of sp³-hybridized carbons (Fsp3) is 0.845. The second-order valence-corrected chi connectivity index (χ2v) is 48.4. The number of unbranched alkanes of at least 4 members (excludes halogenated alkanes) is 102. The molecule has 4 aromatic rings. The molecule has 147 heavy (non-hydrogen) atoms. The molecule has 0 spiro atoms. The molecular formula is C142H258N5. The summed E-state index contributed by atoms with van der Waals surface area (Å²) in [7, 11) is 0. The Kier molecular flexibility index (Phi) is 99.4. The lowest BCUT2D eigenvalue weighted by Crippen LogP contribution is -2.09. The van der Waals surface area contributed by atoms with E-state index in [1.165, 1.54) is 706 Å². The van der Waals surface area contributed by atoms with E-state index in [-0.39, 0.29) is 0 Å². The van der Waals surface area contributed by atoms with E-state index in [1.54, 1.807) is 33.4 Å². The molecule has 0 aliphatic carbocycles. The van der Waals surface area contributed by atoms with Gasteiger partial charge in [0.15, 0.2) is 5.82 Å². The van der Waals surface area contributed by atoms with Gasteiger partial charge in [-0.05, 0) is 147 Å². The zero-order chi connectivity index (χ0) is 104. The highest BCUT2D eigenvalue weighted by molar-refractivity contribution is 5.66. The molecule has 1 heterocycles. The molecule has 0 saturated carbocycles. The number of nitrogens with zero attached hydrogens (tertiary/aromatic N) is 3. The van der Waals surface area contributed by atoms with Crippen molar-refractivity contribution >= 4 is 23.3 Å². The van der Waals surface area contributed by atoms with Gasteiger partial charge < -0.3 is 10.6 Å². The van der Waals surface area contributed by atoms with Crippen LogP contribution in [0.1, 0.15) is 774 Å². The fourth-order valence-electron chi connectivity index (χ4n) is 24.1. The first-order valence-corrected chi connectivity index (χ1v) is 68.4. The van der Waals surface area contributed by atoms with Gasteiger partial charge in [-0.2, -0.15) is 15.0 Å². The summed E-state index contributed by atoms with van der Waals surface area (Å²) in [5, 5.41) is 8.08. The van der Waals surface area contributed by atoms with E-state index in [2.05, 4.69) is 108 Å². The average molecular weight is 2040 g/mol. The number of aryl methyl sites for hydroxylation is 4. The molecule has 1 radical (unpaired) electrons. The van der Waals surface area contributed by atoms with Gasteiger partial charge in [-0.3, -0.25) is 0 Å². The highest BCUT2D eigenvalue weighted by atomic mass is 15.2. The van der Waals surface area contributed by atoms with Crippen LogP contribution in [0.2, 0.25) is 0 Å². The minimum absolute atomic E-state index is 0.638. The standard InChI is InChI=1S/C142H258N5/c1-8-14-20-26-32-38-44-50-56-62-68-74-80-86-92-98-104-110-116-132-126-136(127-133(117-111-105-99-93-87-81-75-69-63-57-51-45-39-33-27-21-15-9-2)138(132)120-114-108-102-96-90-84-78-72-66-60-54-48-42-36-30-24-18-12-5)143-141-145-140(131-124-122-130(7)123-125-131)146-142(147-141)144-137-128-134(118-112-106-100-94-88-82-76-70-64-58-52-46-40-34-28-22-16-10-3)139(121-115-109-103-97-91-85-79-73-67-61-55-49-43-37-31-25-19-13-6)135(129-137)119-113-107-101-95-89-83-77-71-65-59-53-47-41-35-29-23-17-11-4/h122-129H,7-121H2,1-6H3,(H2,143,144,145,146,147). The van der Waals surface area contributed by atoms with Crippen LogP contribution < -0.4 is 10.6 Å². The molecule has 4 rings (SSSR count). The molecule has 3 aromatic carbocycles. The Morgan fingerprint density at radius 1 is 0.156 bits per heavy atom. The summed E-state index contributed by atoms with van der Waals surface area (Å²) in [5.41, 5.74) is 14.1. The van der Waals surface area contributed by atoms with Crippen molar-refractivity contribution in [2.45, 2.75) is 774 Å². The molecule has 0 fully saturated rings. The molecule has 851 valence electrons. The molecule has 0 bridgehead atoms. The first kappa shape index (κ1) is 136. The Balaban J connectivity index is 1.67. The minimum atomic E-state index is 0.638. The predicted octanol–water partition coefficient (Wildman–Crippen LogP) is 50.7. The molecule has 0 unspecified atom stereocenters. The van der Waals surface area contributed by atoms with Gasteiger partial charge in [-0.25, -0.2) is 0 Å². The summed E-state index contributed by atoms with van der Waals surface area (Å²) in [6.07, 6.45) is 160. The number of hydrogen-bond acceptors (Lipinski definition) is 5. The van der Waals surface area contributed by atoms with Crippen LogP contribution in [0.3, 0.4) is 0 Å². The van der Waals surface area contributed by atoms with E-state index < -0.39 is 0 Å². The number of rotatable bonds is 119. The summed E-state index contributed by atoms with van der Waals surface area (Å²) >= 11 is 0. The van der Waals surface area contributed by atoms with E-state index in [9.17, 15) is 0 Å². The predicted molar refractivity (Wildman–Crippen MR) is 664 cm³/mol. The lowest BCUT2D eigenvalue weighted by atomic mass is 9.89. The molecule has 2 N–H and O–H groups in total. The van der Waals surface area contributed by atoms with Gasteiger partial charge in [0.2, 0.25) is 11.9 Å². The number of anilines is 4. The average Bonchev–Trinajstić information content (AvgIpc) is 0.798. The van der Waals surface area contributed by atoms with Crippen LogP contribution >= 0.6 is 0 Å². The quantitative estimate of drug-likeness (QED) is 0.0431. The van der Waals surface area contributed by atoms with Crippen LogP contribution in [0.4, 0.5) is 23.3 Å². The Morgan fingerprint density at radius 2 is 0.286 bits per heavy atom. The van der Waals surface area contributed by atoms with Gasteiger partial charge in [0.25, 0.3) is 0 Å². The van der Waals surface area contributed by atoms with E-state index in [0.717, 1.165) is 48.2 Å². The normalized spacial score (nSPS) is 11.7. The van der Waals surface area contributed by atoms with E-state index >= 15 is 0 Å². The van der Waals surface area contributed by atoms with Gasteiger partial charge >= 0.3 is 0 Å². The molecule has 0 saturated heterocycles. The monoisotopic (exact) mass is 2030 g/mol. The van der Waals surface area contributed by atoms with Crippen LogP contribution in [-0.2, 0) is 38.5 Å². The lowest BCUT2D eigenvalue weighted by molar-refractivity contribution is 0.523. The third-order valence-electron chi connectivity index (χ3n) is 34.0. The molecule has 0 aliphatic rings. The number of benzene rings is 3. The van der Waals surface area contributed by atoms with Gasteiger partial charge in [-0.15, -0.1) is 0 Å². The number of nitrogens with one attached hydrogen (secondary N) is 2. The summed E-state index contributed by atoms with van der Waals surface area (Å²) in [5.74, 6) is 1.99. The second kappa shape index (κ2) is 108. The van der Waals surface area contributed by atoms with Gasteiger partial charge in [0.1, 0.15) is 0 Å². The van der Waals surface area contributed by atoms with Crippen LogP contribution in [0.25, 0.3) is 11.4 Å². The van der Waals surface area contributed by atoms with Crippen molar-refractivity contribution in [2.75, 3.05) is 10.6 Å². The highest BCUT2D eigenvalue weighted by Crippen LogP contribution is 2.35. The maximum Gasteiger partial charge on any atom is 0.232 e. The Bertz CT molecular complexity index is 3010. The van der Waals surface area contributed by atoms with Crippen molar-refractivity contribution in [1.82, 2.24) is 15.0 Å². The van der Waals surface area contributed by atoms with Crippen molar-refractivity contribution in [3.63, 3.8) is 0 Å². The van der Waals surface area contributed by atoms with E-state index in [1.807, 2.05) is 0 Å². The smallest absolute Gasteiger partial charge is 0.232 e. The highest BCUT2D eigenvalue weighted by Gasteiger charge is 2.20. The second-order valence-electron chi connectivity index (χ2n) is 48.4. The third kappa shape index (κ3) is 84.3. The SMILES string of the molecule is [CH2]c1ccc(-c2nc(Nc3cc(CCCCCCCCCCCCCCCCCCCC)c(CCCCCCCCCCCCCCCCCCCC)c(CCCCCCCCCCCCCCCCCCCC)c3)nc(Nc3cc(CCCCCCCCCCCCCCCCCCCC)c(CCCCCCCCCCCCCCCCCCCC)c(CCCCCCCCCCCCCCCCCCCC)c3)n2)cc1. The van der Waals surface area contributed by atoms with Crippen LogP contribution in [-0.4, -0.2) is 15.0 Å². The zero-order valence-corrected chi connectivity index (χ0v) is 101. The van der Waals surface area contributed by atoms with Crippen molar-refractivity contribution in [3.05, 3.63) is 94.4 Å². The Morgan fingerprint density at radius 3 is 0.429 bits per heavy atom. The first-order valence-electron chi connectivity index (χ1n) is 68.4. The maximum atomic E-state index is 5.54. The Labute approximate surface area is 922 Å². The third-order valence-corrected chi connectivity index (χ3v) is 34.0. The molecule has 0 aliphatic heterocycles. The first-order chi connectivity index (χ1) is 72.9. The minimum Gasteiger partial charge on any atom is -0.324 e. The molecule has 0 atom stereocenters. The largest absolute Gasteiger partial charge is 0.324 e. The van der Waals surface area contributed by atoms with Gasteiger partial charge in [0.05, 0.1) is 0 Å². The van der Waals surface area contributed by atoms with Crippen LogP contribution in [0.5, 0.6) is 0 Å². The summed E-state index contributed by atoms with van der Waals surface area (Å²) < 4.78 is 0. The number of aromatic nitrogens is 3. The molecule has 0 amide bonds. The molecular weight excluding hydrogens is 1780 g/mol. The molecule has 5 heteroatoms. The van der Waals surface area contributed by atoms with Crippen molar-refractivity contribution in [1.29, 1.82) is 0 Å². The Hall–Kier alpha value is -3.73. The van der Waals surface area contributed by atoms with Crippen molar-refractivity contribution in [2.24, 2.45) is 0 Å². The zero-order valence-electron chi connectivity index (χ0n) is 101. The van der Waals surface area contributed by atoms with E-state index in [4.69, 9.17) is 15.0 Å². The van der Waals surface area contributed by atoms with E-state index in [0.29, 0.717) is 17.7 Å². The summed E-state index contributed by atoms with van der Waals surface area (Å²) in [6, 6.07) is 19.0.